The second-order valence-corrected chi connectivity index (χ2v) is 7.43. The topological polar surface area (TPSA) is 86.2 Å². The second-order valence-electron chi connectivity index (χ2n) is 7.43. The fourth-order valence-electron chi connectivity index (χ4n) is 3.78. The fraction of sp³-hybridized carbons (Fsp3) is 0.130. The average molecular weight is 412 g/mol. The lowest BCUT2D eigenvalue weighted by Crippen LogP contribution is -2.29. The van der Waals surface area contributed by atoms with Gasteiger partial charge in [0, 0.05) is 12.1 Å². The average Bonchev–Trinajstić information content (AvgIpc) is 3.34. The SMILES string of the molecule is Cc1cc(NC(=O)Cn2c(=O)c3ccccc3n3nc(C)cc23)n(-c2ccccc2)n1. The van der Waals surface area contributed by atoms with Crippen molar-refractivity contribution < 1.29 is 4.79 Å². The van der Waals surface area contributed by atoms with Crippen molar-refractivity contribution in [3.05, 3.63) is 88.5 Å². The minimum Gasteiger partial charge on any atom is -0.309 e. The predicted molar refractivity (Wildman–Crippen MR) is 119 cm³/mol. The van der Waals surface area contributed by atoms with E-state index in [1.54, 1.807) is 33.5 Å². The normalized spacial score (nSPS) is 11.3. The molecule has 0 aliphatic carbocycles. The number of fused-ring (bicyclic) bond motifs is 3. The zero-order valence-corrected chi connectivity index (χ0v) is 17.1. The summed E-state index contributed by atoms with van der Waals surface area (Å²) in [5, 5.41) is 12.4. The number of hydrogen-bond acceptors (Lipinski definition) is 4. The Balaban J connectivity index is 1.54. The molecule has 3 aromatic heterocycles. The van der Waals surface area contributed by atoms with Crippen molar-refractivity contribution in [2.24, 2.45) is 0 Å². The first-order chi connectivity index (χ1) is 15.0. The summed E-state index contributed by atoms with van der Waals surface area (Å²) < 4.78 is 4.83. The maximum absolute atomic E-state index is 13.2. The Hall–Kier alpha value is -4.20. The lowest BCUT2D eigenvalue weighted by molar-refractivity contribution is -0.116. The van der Waals surface area contributed by atoms with Gasteiger partial charge in [-0.15, -0.1) is 0 Å². The van der Waals surface area contributed by atoms with Crippen LogP contribution in [0.5, 0.6) is 0 Å². The molecular formula is C23H20N6O2. The molecule has 0 bridgehead atoms. The summed E-state index contributed by atoms with van der Waals surface area (Å²) in [7, 11) is 0. The Kier molecular flexibility index (Phi) is 4.39. The van der Waals surface area contributed by atoms with E-state index < -0.39 is 0 Å². The number of nitrogens with zero attached hydrogens (tertiary/aromatic N) is 5. The molecule has 0 saturated heterocycles. The van der Waals surface area contributed by atoms with Crippen LogP contribution in [0, 0.1) is 13.8 Å². The van der Waals surface area contributed by atoms with Crippen LogP contribution < -0.4 is 10.9 Å². The quantitative estimate of drug-likeness (QED) is 0.492. The Morgan fingerprint density at radius 1 is 0.935 bits per heavy atom. The molecule has 31 heavy (non-hydrogen) atoms. The lowest BCUT2D eigenvalue weighted by Gasteiger charge is -2.12. The highest BCUT2D eigenvalue weighted by molar-refractivity contribution is 5.91. The molecular weight excluding hydrogens is 392 g/mol. The van der Waals surface area contributed by atoms with Crippen molar-refractivity contribution in [1.82, 2.24) is 24.0 Å². The van der Waals surface area contributed by atoms with Crippen LogP contribution in [0.1, 0.15) is 11.4 Å². The minimum atomic E-state index is -0.324. The number of nitrogens with one attached hydrogen (secondary N) is 1. The Morgan fingerprint density at radius 3 is 2.45 bits per heavy atom. The van der Waals surface area contributed by atoms with Crippen molar-refractivity contribution >= 4 is 28.3 Å². The van der Waals surface area contributed by atoms with Crippen molar-refractivity contribution in [3.63, 3.8) is 0 Å². The van der Waals surface area contributed by atoms with Crippen LogP contribution in [-0.4, -0.2) is 29.9 Å². The van der Waals surface area contributed by atoms with Crippen LogP contribution in [-0.2, 0) is 11.3 Å². The van der Waals surface area contributed by atoms with E-state index in [1.165, 1.54) is 4.57 Å². The number of amides is 1. The first-order valence-electron chi connectivity index (χ1n) is 9.91. The van der Waals surface area contributed by atoms with Gasteiger partial charge in [0.2, 0.25) is 5.91 Å². The Labute approximate surface area is 177 Å². The molecule has 2 aromatic carbocycles. The van der Waals surface area contributed by atoms with E-state index in [-0.39, 0.29) is 18.0 Å². The summed E-state index contributed by atoms with van der Waals surface area (Å²) in [6.07, 6.45) is 0. The van der Waals surface area contributed by atoms with Crippen LogP contribution in [0.2, 0.25) is 0 Å². The first kappa shape index (κ1) is 18.8. The highest BCUT2D eigenvalue weighted by Gasteiger charge is 2.16. The zero-order valence-electron chi connectivity index (χ0n) is 17.1. The number of carbonyl (C=O) groups excluding carboxylic acids is 1. The van der Waals surface area contributed by atoms with Gasteiger partial charge in [0.25, 0.3) is 5.56 Å². The highest BCUT2D eigenvalue weighted by atomic mass is 16.2. The molecule has 5 aromatic rings. The largest absolute Gasteiger partial charge is 0.309 e. The van der Waals surface area contributed by atoms with Crippen LogP contribution in [0.3, 0.4) is 0 Å². The lowest BCUT2D eigenvalue weighted by atomic mass is 10.2. The monoisotopic (exact) mass is 412 g/mol. The number of hydrogen-bond donors (Lipinski definition) is 1. The first-order valence-corrected chi connectivity index (χ1v) is 9.91. The highest BCUT2D eigenvalue weighted by Crippen LogP contribution is 2.18. The number of anilines is 1. The third kappa shape index (κ3) is 3.28. The summed E-state index contributed by atoms with van der Waals surface area (Å²) in [6.45, 7) is 3.58. The van der Waals surface area contributed by atoms with Crippen LogP contribution in [0.4, 0.5) is 5.82 Å². The Morgan fingerprint density at radius 2 is 1.65 bits per heavy atom. The number of rotatable bonds is 4. The molecule has 0 aliphatic heterocycles. The summed E-state index contributed by atoms with van der Waals surface area (Å²) >= 11 is 0. The van der Waals surface area contributed by atoms with E-state index in [0.29, 0.717) is 22.4 Å². The van der Waals surface area contributed by atoms with Crippen molar-refractivity contribution in [2.75, 3.05) is 5.32 Å². The molecule has 0 atom stereocenters. The van der Waals surface area contributed by atoms with Gasteiger partial charge in [0.1, 0.15) is 18.0 Å². The molecule has 0 spiro atoms. The predicted octanol–water partition coefficient (Wildman–Crippen LogP) is 3.09. The molecule has 154 valence electrons. The minimum absolute atomic E-state index is 0.142. The molecule has 1 amide bonds. The van der Waals surface area contributed by atoms with Crippen molar-refractivity contribution in [1.29, 1.82) is 0 Å². The molecule has 0 aliphatic rings. The number of aromatic nitrogens is 5. The van der Waals surface area contributed by atoms with E-state index >= 15 is 0 Å². The molecule has 0 unspecified atom stereocenters. The summed E-state index contributed by atoms with van der Waals surface area (Å²) in [4.78, 5) is 26.1. The molecule has 8 heteroatoms. The fourth-order valence-corrected chi connectivity index (χ4v) is 3.78. The summed E-state index contributed by atoms with van der Waals surface area (Å²) in [5.74, 6) is 0.221. The molecule has 5 rings (SSSR count). The van der Waals surface area contributed by atoms with Gasteiger partial charge in [0.15, 0.2) is 0 Å². The van der Waals surface area contributed by atoms with Gasteiger partial charge in [-0.05, 0) is 38.1 Å². The van der Waals surface area contributed by atoms with Crippen molar-refractivity contribution in [2.45, 2.75) is 20.4 Å². The van der Waals surface area contributed by atoms with E-state index in [1.807, 2.05) is 56.3 Å². The molecule has 0 saturated carbocycles. The summed E-state index contributed by atoms with van der Waals surface area (Å²) in [6, 6.07) is 20.4. The van der Waals surface area contributed by atoms with E-state index in [0.717, 1.165) is 17.1 Å². The second kappa shape index (κ2) is 7.24. The van der Waals surface area contributed by atoms with Gasteiger partial charge in [-0.2, -0.15) is 10.2 Å². The van der Waals surface area contributed by atoms with Crippen LogP contribution in [0.15, 0.2) is 71.5 Å². The molecule has 0 fully saturated rings. The maximum atomic E-state index is 13.2. The van der Waals surface area contributed by atoms with E-state index in [9.17, 15) is 9.59 Å². The third-order valence-electron chi connectivity index (χ3n) is 5.10. The number of carbonyl (C=O) groups is 1. The molecule has 1 N–H and O–H groups in total. The van der Waals surface area contributed by atoms with Gasteiger partial charge in [-0.25, -0.2) is 9.20 Å². The number of benzene rings is 2. The smallest absolute Gasteiger partial charge is 0.262 e. The molecule has 8 nitrogen and oxygen atoms in total. The number of para-hydroxylation sites is 2. The van der Waals surface area contributed by atoms with Crippen molar-refractivity contribution in [3.8, 4) is 5.69 Å². The maximum Gasteiger partial charge on any atom is 0.262 e. The van der Waals surface area contributed by atoms with Gasteiger partial charge in [-0.1, -0.05) is 30.3 Å². The zero-order chi connectivity index (χ0) is 21.5. The van der Waals surface area contributed by atoms with Gasteiger partial charge < -0.3 is 5.32 Å². The van der Waals surface area contributed by atoms with Crippen LogP contribution in [0.25, 0.3) is 22.2 Å². The molecule has 0 radical (unpaired) electrons. The van der Waals surface area contributed by atoms with E-state index in [2.05, 4.69) is 15.5 Å². The molecule has 3 heterocycles. The van der Waals surface area contributed by atoms with Gasteiger partial charge >= 0.3 is 0 Å². The van der Waals surface area contributed by atoms with Crippen LogP contribution >= 0.6 is 0 Å². The number of aryl methyl sites for hydroxylation is 2. The van der Waals surface area contributed by atoms with E-state index in [4.69, 9.17) is 0 Å². The van der Waals surface area contributed by atoms with Gasteiger partial charge in [0.05, 0.1) is 28.0 Å². The third-order valence-corrected chi connectivity index (χ3v) is 5.10. The Bertz CT molecular complexity index is 1490. The van der Waals surface area contributed by atoms with Gasteiger partial charge in [-0.3, -0.25) is 14.2 Å². The standard InChI is InChI=1S/C23H20N6O2/c1-15-12-20(28(25-15)17-8-4-3-5-9-17)24-21(30)14-27-22-13-16(2)26-29(22)19-11-7-6-10-18(19)23(27)31/h3-13H,14H2,1-2H3,(H,24,30). The summed E-state index contributed by atoms with van der Waals surface area (Å²) in [5.41, 5.74) is 3.43.